The number of hydrogen-bond donors (Lipinski definition) is 2. The molecule has 3 N–H and O–H groups in total. The van der Waals surface area contributed by atoms with Crippen molar-refractivity contribution in [2.45, 2.75) is 25.7 Å². The van der Waals surface area contributed by atoms with Crippen molar-refractivity contribution >= 4 is 50.4 Å². The minimum Gasteiger partial charge on any atom is -0.464 e. The maximum Gasteiger partial charge on any atom is 0.267 e. The Morgan fingerprint density at radius 2 is 2.07 bits per heavy atom. The van der Waals surface area contributed by atoms with Crippen LogP contribution in [0.15, 0.2) is 47.1 Å². The van der Waals surface area contributed by atoms with Gasteiger partial charge in [0.05, 0.1) is 12.0 Å². The minimum absolute atomic E-state index is 0.267. The summed E-state index contributed by atoms with van der Waals surface area (Å²) in [6, 6.07) is 10.8. The highest BCUT2D eigenvalue weighted by molar-refractivity contribution is 7.21. The van der Waals surface area contributed by atoms with Gasteiger partial charge in [0.15, 0.2) is 0 Å². The first-order chi connectivity index (χ1) is 14.1. The van der Waals surface area contributed by atoms with Crippen LogP contribution in [0.2, 0.25) is 5.02 Å². The molecule has 1 amide bonds. The molecule has 0 bridgehead atoms. The summed E-state index contributed by atoms with van der Waals surface area (Å²) < 4.78 is 5.73. The second-order valence-corrected chi connectivity index (χ2v) is 8.52. The summed E-state index contributed by atoms with van der Waals surface area (Å²) in [5, 5.41) is 4.24. The van der Waals surface area contributed by atoms with Crippen LogP contribution in [-0.2, 0) is 12.8 Å². The Morgan fingerprint density at radius 1 is 1.21 bits per heavy atom. The largest absolute Gasteiger partial charge is 0.464 e. The molecule has 0 spiro atoms. The van der Waals surface area contributed by atoms with Gasteiger partial charge in [-0.25, -0.2) is 4.98 Å². The van der Waals surface area contributed by atoms with Crippen LogP contribution in [0.1, 0.15) is 33.8 Å². The maximum atomic E-state index is 13.0. The monoisotopic (exact) mass is 423 g/mol. The number of amides is 1. The number of aryl methyl sites for hydroxylation is 1. The number of fused-ring (bicyclic) bond motifs is 2. The number of furan rings is 1. The van der Waals surface area contributed by atoms with E-state index in [0.717, 1.165) is 52.9 Å². The lowest BCUT2D eigenvalue weighted by molar-refractivity contribution is 0.103. The Balaban J connectivity index is 1.66. The summed E-state index contributed by atoms with van der Waals surface area (Å²) in [6.45, 7) is 0. The number of carbonyl (C=O) groups is 1. The van der Waals surface area contributed by atoms with Crippen LogP contribution >= 0.6 is 22.9 Å². The van der Waals surface area contributed by atoms with E-state index in [-0.39, 0.29) is 5.91 Å². The fourth-order valence-corrected chi connectivity index (χ4v) is 5.13. The van der Waals surface area contributed by atoms with Gasteiger partial charge in [-0.15, -0.1) is 11.3 Å². The Labute approximate surface area is 176 Å². The van der Waals surface area contributed by atoms with Gasteiger partial charge in [-0.05, 0) is 61.6 Å². The molecule has 4 aromatic rings. The summed E-state index contributed by atoms with van der Waals surface area (Å²) in [4.78, 5) is 19.0. The first kappa shape index (κ1) is 18.2. The second kappa shape index (κ2) is 7.21. The molecule has 5 rings (SSSR count). The molecule has 29 heavy (non-hydrogen) atoms. The number of nitrogens with one attached hydrogen (secondary N) is 1. The molecule has 0 radical (unpaired) electrons. The van der Waals surface area contributed by atoms with Gasteiger partial charge in [0.1, 0.15) is 15.5 Å². The molecule has 0 saturated carbocycles. The maximum absolute atomic E-state index is 13.0. The van der Waals surface area contributed by atoms with Crippen molar-refractivity contribution < 1.29 is 9.21 Å². The second-order valence-electron chi connectivity index (χ2n) is 7.09. The highest BCUT2D eigenvalue weighted by atomic mass is 35.5. The molecule has 0 fully saturated rings. The number of halogens is 1. The Morgan fingerprint density at radius 3 is 2.86 bits per heavy atom. The van der Waals surface area contributed by atoms with E-state index in [9.17, 15) is 4.79 Å². The number of benzene rings is 1. The fraction of sp³-hybridized carbons (Fsp3) is 0.182. The molecular weight excluding hydrogens is 406 g/mol. The average Bonchev–Trinajstić information content (AvgIpc) is 3.35. The van der Waals surface area contributed by atoms with E-state index in [1.54, 1.807) is 30.5 Å². The van der Waals surface area contributed by atoms with Crippen LogP contribution in [0.5, 0.6) is 0 Å². The third-order valence-corrected chi connectivity index (χ3v) is 6.54. The smallest absolute Gasteiger partial charge is 0.267 e. The molecule has 0 saturated heterocycles. The Kier molecular flexibility index (Phi) is 4.53. The van der Waals surface area contributed by atoms with Crippen molar-refractivity contribution in [3.8, 4) is 11.3 Å². The quantitative estimate of drug-likeness (QED) is 0.428. The highest BCUT2D eigenvalue weighted by Gasteiger charge is 2.26. The molecule has 7 heteroatoms. The lowest BCUT2D eigenvalue weighted by Gasteiger charge is -2.18. The van der Waals surface area contributed by atoms with Gasteiger partial charge in [0.2, 0.25) is 0 Å². The standard InChI is InChI=1S/C22H18ClN3O2S/c23-12-5-3-6-13(11-12)25-21(27)20-19(24)18-17(16-9-4-10-28-16)14-7-1-2-8-15(14)26-22(18)29-20/h3-6,9-11H,1-2,7-8,24H2,(H,25,27). The highest BCUT2D eigenvalue weighted by Crippen LogP contribution is 2.44. The van der Waals surface area contributed by atoms with Crippen molar-refractivity contribution in [3.05, 3.63) is 63.8 Å². The van der Waals surface area contributed by atoms with Crippen LogP contribution < -0.4 is 11.1 Å². The molecule has 1 aliphatic rings. The first-order valence-electron chi connectivity index (χ1n) is 9.46. The summed E-state index contributed by atoms with van der Waals surface area (Å²) in [5.41, 5.74) is 10.8. The predicted octanol–water partition coefficient (Wildman–Crippen LogP) is 5.92. The molecule has 3 aromatic heterocycles. The summed E-state index contributed by atoms with van der Waals surface area (Å²) in [5.74, 6) is 0.498. The van der Waals surface area contributed by atoms with E-state index >= 15 is 0 Å². The normalized spacial score (nSPS) is 13.4. The zero-order valence-electron chi connectivity index (χ0n) is 15.5. The first-order valence-corrected chi connectivity index (χ1v) is 10.7. The number of thiophene rings is 1. The third kappa shape index (κ3) is 3.18. The van der Waals surface area contributed by atoms with Gasteiger partial charge >= 0.3 is 0 Å². The van der Waals surface area contributed by atoms with Gasteiger partial charge < -0.3 is 15.5 Å². The number of pyridine rings is 1. The lowest BCUT2D eigenvalue weighted by atomic mass is 9.89. The van der Waals surface area contributed by atoms with Gasteiger partial charge in [0, 0.05) is 27.4 Å². The van der Waals surface area contributed by atoms with E-state index in [4.69, 9.17) is 26.7 Å². The number of nitrogens with zero attached hydrogens (tertiary/aromatic N) is 1. The van der Waals surface area contributed by atoms with E-state index in [2.05, 4.69) is 5.32 Å². The molecule has 0 unspecified atom stereocenters. The molecule has 0 atom stereocenters. The van der Waals surface area contributed by atoms with Crippen LogP contribution in [0.3, 0.4) is 0 Å². The molecule has 5 nitrogen and oxygen atoms in total. The number of carbonyl (C=O) groups excluding carboxylic acids is 1. The van der Waals surface area contributed by atoms with Crippen LogP contribution in [-0.4, -0.2) is 10.9 Å². The molecule has 0 aliphatic heterocycles. The molecule has 146 valence electrons. The number of nitrogens with two attached hydrogens (primary N) is 1. The van der Waals surface area contributed by atoms with Gasteiger partial charge in [-0.2, -0.15) is 0 Å². The predicted molar refractivity (Wildman–Crippen MR) is 118 cm³/mol. The number of anilines is 2. The molecular formula is C22H18ClN3O2S. The number of hydrogen-bond acceptors (Lipinski definition) is 5. The topological polar surface area (TPSA) is 81.2 Å². The Hall–Kier alpha value is -2.83. The molecule has 1 aliphatic carbocycles. The van der Waals surface area contributed by atoms with Gasteiger partial charge in [-0.1, -0.05) is 17.7 Å². The summed E-state index contributed by atoms with van der Waals surface area (Å²) >= 11 is 7.34. The Bertz CT molecular complexity index is 1230. The van der Waals surface area contributed by atoms with E-state index in [0.29, 0.717) is 21.3 Å². The average molecular weight is 424 g/mol. The third-order valence-electron chi connectivity index (χ3n) is 5.21. The summed E-state index contributed by atoms with van der Waals surface area (Å²) in [7, 11) is 0. The van der Waals surface area contributed by atoms with Crippen LogP contribution in [0, 0.1) is 0 Å². The lowest BCUT2D eigenvalue weighted by Crippen LogP contribution is -2.12. The van der Waals surface area contributed by atoms with Crippen molar-refractivity contribution in [2.75, 3.05) is 11.1 Å². The molecule has 1 aromatic carbocycles. The zero-order valence-corrected chi connectivity index (χ0v) is 17.1. The van der Waals surface area contributed by atoms with Gasteiger partial charge in [0.25, 0.3) is 5.91 Å². The van der Waals surface area contributed by atoms with Gasteiger partial charge in [-0.3, -0.25) is 4.79 Å². The van der Waals surface area contributed by atoms with Crippen molar-refractivity contribution in [1.29, 1.82) is 0 Å². The number of nitrogen functional groups attached to an aromatic ring is 1. The van der Waals surface area contributed by atoms with Crippen LogP contribution in [0.25, 0.3) is 21.5 Å². The number of aromatic nitrogens is 1. The number of rotatable bonds is 3. The van der Waals surface area contributed by atoms with E-state index in [1.807, 2.05) is 12.1 Å². The van der Waals surface area contributed by atoms with Crippen molar-refractivity contribution in [2.24, 2.45) is 0 Å². The van der Waals surface area contributed by atoms with Crippen LogP contribution in [0.4, 0.5) is 11.4 Å². The minimum atomic E-state index is -0.267. The SMILES string of the molecule is Nc1c(C(=O)Nc2cccc(Cl)c2)sc2nc3c(c(-c4ccco4)c12)CCCC3. The fourth-order valence-electron chi connectivity index (χ4n) is 3.92. The van der Waals surface area contributed by atoms with E-state index < -0.39 is 0 Å². The summed E-state index contributed by atoms with van der Waals surface area (Å²) in [6.07, 6.45) is 5.76. The zero-order chi connectivity index (χ0) is 20.0. The molecule has 3 heterocycles. The van der Waals surface area contributed by atoms with Crippen molar-refractivity contribution in [3.63, 3.8) is 0 Å². The van der Waals surface area contributed by atoms with Crippen molar-refractivity contribution in [1.82, 2.24) is 4.98 Å². The van der Waals surface area contributed by atoms with E-state index in [1.165, 1.54) is 16.9 Å².